The number of nitrogens with zero attached hydrogens (tertiary/aromatic N) is 3. The van der Waals surface area contributed by atoms with E-state index in [1.165, 1.54) is 7.11 Å². The summed E-state index contributed by atoms with van der Waals surface area (Å²) in [5, 5.41) is 6.56. The second kappa shape index (κ2) is 37.3. The lowest BCUT2D eigenvalue weighted by molar-refractivity contribution is -0.163. The maximum absolute atomic E-state index is 12.4. The quantitative estimate of drug-likeness (QED) is 0.0729. The van der Waals surface area contributed by atoms with E-state index in [0.29, 0.717) is 91.3 Å². The number of carbonyl (C=O) groups excluding carboxylic acids is 6. The summed E-state index contributed by atoms with van der Waals surface area (Å²) in [6.07, 6.45) is 6.20. The second-order valence-corrected chi connectivity index (χ2v) is 17.3. The topological polar surface area (TPSA) is 228 Å². The van der Waals surface area contributed by atoms with E-state index in [1.54, 1.807) is 14.2 Å². The molecule has 2 aliphatic carbocycles. The Labute approximate surface area is 403 Å². The predicted octanol–water partition coefficient (Wildman–Crippen LogP) is 0.693. The summed E-state index contributed by atoms with van der Waals surface area (Å²) in [7, 11) is 4.67. The zero-order valence-corrected chi connectivity index (χ0v) is 41.2. The summed E-state index contributed by atoms with van der Waals surface area (Å²) in [4.78, 5) is 78.1. The van der Waals surface area contributed by atoms with Crippen LogP contribution in [0.2, 0.25) is 0 Å². The van der Waals surface area contributed by atoms with Gasteiger partial charge in [-0.3, -0.25) is 43.5 Å². The van der Waals surface area contributed by atoms with Gasteiger partial charge in [0.05, 0.1) is 69.5 Å². The highest BCUT2D eigenvalue weighted by molar-refractivity contribution is 5.82. The summed E-state index contributed by atoms with van der Waals surface area (Å²) in [5.41, 5.74) is 0. The minimum absolute atomic E-state index is 0.0518. The van der Waals surface area contributed by atoms with E-state index in [2.05, 4.69) is 25.3 Å². The number of methoxy groups -OCH3 is 3. The third kappa shape index (κ3) is 25.9. The molecule has 2 atom stereocenters. The smallest absolute Gasteiger partial charge is 0.309 e. The Morgan fingerprint density at radius 2 is 0.765 bits per heavy atom. The van der Waals surface area contributed by atoms with Crippen molar-refractivity contribution >= 4 is 35.8 Å². The number of piperazine rings is 2. The third-order valence-electron chi connectivity index (χ3n) is 12.4. The van der Waals surface area contributed by atoms with Crippen molar-refractivity contribution in [2.45, 2.75) is 64.2 Å². The number of nitrogens with one attached hydrogen (secondary N) is 2. The standard InChI is InChI=1S/C17H30N2O5.C17H29NO6.C13H24N2O5/c1-22-12-13-24-17(21)15-4-2-14(3-5-15)16(20)23-11-10-19-8-6-18-7-9-19;1-21-12-13-24-17(20)15-5-3-2-4-14(15)16(19)23-11-8-18-6-9-22-10-7-18;1-18-10-11-20-13(17)3-2-12(16)19-9-8-15-6-4-14-5-7-15/h14-15,18H,2-13H2,1H3;14-15H,2-13H2,1H3;14H,2-11H2,1H3. The molecule has 2 N–H and O–H groups in total. The molecular formula is C47H83N5O16. The monoisotopic (exact) mass is 974 g/mol. The Hall–Kier alpha value is -3.54. The lowest BCUT2D eigenvalue weighted by Crippen LogP contribution is -2.44. The molecule has 21 nitrogen and oxygen atoms in total. The molecule has 0 aromatic heterocycles. The first-order valence-corrected chi connectivity index (χ1v) is 24.8. The summed E-state index contributed by atoms with van der Waals surface area (Å²) >= 11 is 0. The van der Waals surface area contributed by atoms with Crippen molar-refractivity contribution in [2.24, 2.45) is 23.7 Å². The molecule has 392 valence electrons. The molecular weight excluding hydrogens is 891 g/mol. The lowest BCUT2D eigenvalue weighted by atomic mass is 9.79. The number of hydrogen-bond acceptors (Lipinski definition) is 21. The fourth-order valence-corrected chi connectivity index (χ4v) is 8.28. The maximum atomic E-state index is 12.4. The van der Waals surface area contributed by atoms with Crippen molar-refractivity contribution in [3.05, 3.63) is 0 Å². The Kier molecular flexibility index (Phi) is 32.2. The third-order valence-corrected chi connectivity index (χ3v) is 12.4. The molecule has 5 aliphatic rings. The van der Waals surface area contributed by atoms with Crippen molar-refractivity contribution in [3.63, 3.8) is 0 Å². The van der Waals surface area contributed by atoms with Gasteiger partial charge in [-0.2, -0.15) is 0 Å². The van der Waals surface area contributed by atoms with E-state index < -0.39 is 5.97 Å². The van der Waals surface area contributed by atoms with Crippen LogP contribution in [0.1, 0.15) is 64.2 Å². The first-order chi connectivity index (χ1) is 33.1. The van der Waals surface area contributed by atoms with Crippen LogP contribution < -0.4 is 10.6 Å². The van der Waals surface area contributed by atoms with Crippen LogP contribution in [0, 0.1) is 23.7 Å². The zero-order chi connectivity index (χ0) is 49.0. The first kappa shape index (κ1) is 58.8. The van der Waals surface area contributed by atoms with Crippen LogP contribution in [-0.2, 0) is 76.1 Å². The fourth-order valence-electron chi connectivity index (χ4n) is 8.28. The Morgan fingerprint density at radius 1 is 0.426 bits per heavy atom. The van der Waals surface area contributed by atoms with Gasteiger partial charge in [-0.05, 0) is 38.5 Å². The molecule has 21 heteroatoms. The Bertz CT molecular complexity index is 1400. The lowest BCUT2D eigenvalue weighted by Gasteiger charge is -2.29. The predicted molar refractivity (Wildman–Crippen MR) is 247 cm³/mol. The Morgan fingerprint density at radius 3 is 1.19 bits per heavy atom. The minimum atomic E-state index is -0.402. The van der Waals surface area contributed by atoms with Gasteiger partial charge in [-0.15, -0.1) is 0 Å². The van der Waals surface area contributed by atoms with Crippen molar-refractivity contribution in [1.29, 1.82) is 0 Å². The maximum Gasteiger partial charge on any atom is 0.309 e. The zero-order valence-electron chi connectivity index (χ0n) is 41.2. The van der Waals surface area contributed by atoms with Crippen molar-refractivity contribution in [3.8, 4) is 0 Å². The molecule has 0 bridgehead atoms. The van der Waals surface area contributed by atoms with Gasteiger partial charge in [0.15, 0.2) is 0 Å². The molecule has 0 spiro atoms. The van der Waals surface area contributed by atoms with Gasteiger partial charge < -0.3 is 58.0 Å². The molecule has 3 heterocycles. The highest BCUT2D eigenvalue weighted by Crippen LogP contribution is 2.32. The van der Waals surface area contributed by atoms with Gasteiger partial charge in [0, 0.05) is 106 Å². The van der Waals surface area contributed by atoms with Gasteiger partial charge in [0.1, 0.15) is 39.6 Å². The summed E-state index contributed by atoms with van der Waals surface area (Å²) in [5.74, 6) is -2.54. The van der Waals surface area contributed by atoms with Crippen LogP contribution in [0.25, 0.3) is 0 Å². The van der Waals surface area contributed by atoms with Crippen LogP contribution in [0.15, 0.2) is 0 Å². The van der Waals surface area contributed by atoms with Gasteiger partial charge in [-0.25, -0.2) is 0 Å². The van der Waals surface area contributed by atoms with Crippen LogP contribution in [0.3, 0.4) is 0 Å². The average Bonchev–Trinajstić information content (AvgIpc) is 3.37. The average molecular weight is 974 g/mol. The van der Waals surface area contributed by atoms with Crippen LogP contribution in [0.4, 0.5) is 0 Å². The highest BCUT2D eigenvalue weighted by atomic mass is 16.6. The Balaban J connectivity index is 0.000000272. The highest BCUT2D eigenvalue weighted by Gasteiger charge is 2.38. The summed E-state index contributed by atoms with van der Waals surface area (Å²) in [6.45, 7) is 16.4. The van der Waals surface area contributed by atoms with Gasteiger partial charge in [0.2, 0.25) is 0 Å². The second-order valence-electron chi connectivity index (χ2n) is 17.3. The van der Waals surface area contributed by atoms with E-state index >= 15 is 0 Å². The molecule has 0 aromatic rings. The SMILES string of the molecule is COCCOC(=O)C1CCC(C(=O)OCCN2CCNCC2)CC1.COCCOC(=O)C1CCCCC1C(=O)OCCN1CCOCC1.COCCOC(=O)CCC(=O)OCCN1CCNCC1. The molecule has 68 heavy (non-hydrogen) atoms. The molecule has 3 aliphatic heterocycles. The van der Waals surface area contributed by atoms with Crippen LogP contribution in [0.5, 0.6) is 0 Å². The number of morpholine rings is 1. The molecule has 0 amide bonds. The molecule has 0 radical (unpaired) electrons. The number of carbonyl (C=O) groups is 6. The molecule has 5 rings (SSSR count). The number of ether oxygens (including phenoxy) is 10. The largest absolute Gasteiger partial charge is 0.464 e. The molecule has 5 fully saturated rings. The number of rotatable bonds is 25. The first-order valence-electron chi connectivity index (χ1n) is 24.8. The minimum Gasteiger partial charge on any atom is -0.464 e. The molecule has 0 aromatic carbocycles. The molecule has 3 saturated heterocycles. The number of esters is 6. The molecule has 2 unspecified atom stereocenters. The van der Waals surface area contributed by atoms with Crippen molar-refractivity contribution < 1.29 is 76.1 Å². The van der Waals surface area contributed by atoms with E-state index in [9.17, 15) is 28.8 Å². The van der Waals surface area contributed by atoms with Gasteiger partial charge >= 0.3 is 35.8 Å². The van der Waals surface area contributed by atoms with Gasteiger partial charge in [0.25, 0.3) is 0 Å². The summed E-state index contributed by atoms with van der Waals surface area (Å²) < 4.78 is 51.0. The van der Waals surface area contributed by atoms with Crippen LogP contribution >= 0.6 is 0 Å². The normalized spacial score (nSPS) is 22.5. The van der Waals surface area contributed by atoms with Crippen LogP contribution in [-0.4, -0.2) is 230 Å². The van der Waals surface area contributed by atoms with Crippen molar-refractivity contribution in [2.75, 3.05) is 179 Å². The van der Waals surface area contributed by atoms with E-state index in [1.807, 2.05) is 0 Å². The molecule has 2 saturated carbocycles. The van der Waals surface area contributed by atoms with E-state index in [4.69, 9.17) is 47.4 Å². The fraction of sp³-hybridized carbons (Fsp3) is 0.872. The van der Waals surface area contributed by atoms with Gasteiger partial charge in [-0.1, -0.05) is 12.8 Å². The number of hydrogen-bond donors (Lipinski definition) is 2. The van der Waals surface area contributed by atoms with Crippen molar-refractivity contribution in [1.82, 2.24) is 25.3 Å². The van der Waals surface area contributed by atoms with E-state index in [0.717, 1.165) is 105 Å². The summed E-state index contributed by atoms with van der Waals surface area (Å²) in [6, 6.07) is 0. The van der Waals surface area contributed by atoms with E-state index in [-0.39, 0.29) is 79.6 Å².